The average molecular weight is 256 g/mol. The molecule has 0 saturated carbocycles. The largest absolute Gasteiger partial charge is 0.446 e. The lowest BCUT2D eigenvalue weighted by molar-refractivity contribution is 0.00837. The average Bonchev–Trinajstić information content (AvgIpc) is 2.41. The van der Waals surface area contributed by atoms with Gasteiger partial charge in [0, 0.05) is 33.3 Å². The second kappa shape index (κ2) is 6.38. The Hall–Kier alpha value is -0.810. The molecule has 0 aliphatic carbocycles. The van der Waals surface area contributed by atoms with Gasteiger partial charge in [-0.25, -0.2) is 4.79 Å². The molecule has 2 saturated heterocycles. The van der Waals surface area contributed by atoms with Crippen molar-refractivity contribution < 1.29 is 14.3 Å². The van der Waals surface area contributed by atoms with Gasteiger partial charge in [-0.15, -0.1) is 0 Å². The number of methoxy groups -OCH3 is 1. The number of rotatable bonds is 2. The molecule has 0 N–H and O–H groups in total. The summed E-state index contributed by atoms with van der Waals surface area (Å²) < 4.78 is 10.9. The highest BCUT2D eigenvalue weighted by Gasteiger charge is 2.26. The molecule has 0 atom stereocenters. The van der Waals surface area contributed by atoms with Crippen LogP contribution < -0.4 is 0 Å². The van der Waals surface area contributed by atoms with Crippen LogP contribution in [0.2, 0.25) is 0 Å². The molecule has 0 aromatic carbocycles. The molecule has 2 aliphatic heterocycles. The van der Waals surface area contributed by atoms with Gasteiger partial charge in [-0.3, -0.25) is 0 Å². The van der Waals surface area contributed by atoms with Crippen LogP contribution >= 0.6 is 0 Å². The first-order valence-electron chi connectivity index (χ1n) is 6.86. The van der Waals surface area contributed by atoms with Gasteiger partial charge in [0.1, 0.15) is 6.10 Å². The number of hydrogen-bond acceptors (Lipinski definition) is 4. The predicted octanol–water partition coefficient (Wildman–Crippen LogP) is 1.33. The van der Waals surface area contributed by atoms with Crippen molar-refractivity contribution >= 4 is 6.09 Å². The fraction of sp³-hybridized carbons (Fsp3) is 0.923. The van der Waals surface area contributed by atoms with Crippen LogP contribution in [0.5, 0.6) is 0 Å². The molecule has 2 fully saturated rings. The van der Waals surface area contributed by atoms with Gasteiger partial charge >= 0.3 is 6.09 Å². The lowest BCUT2D eigenvalue weighted by Gasteiger charge is -2.33. The number of amides is 1. The third-order valence-electron chi connectivity index (χ3n) is 3.97. The molecule has 2 aliphatic rings. The van der Waals surface area contributed by atoms with Gasteiger partial charge in [-0.1, -0.05) is 0 Å². The smallest absolute Gasteiger partial charge is 0.410 e. The first-order chi connectivity index (χ1) is 8.69. The minimum absolute atomic E-state index is 0.105. The molecular weight excluding hydrogens is 232 g/mol. The Bertz CT molecular complexity index is 269. The van der Waals surface area contributed by atoms with Crippen LogP contribution in [0.25, 0.3) is 0 Å². The Labute approximate surface area is 109 Å². The Kier molecular flexibility index (Phi) is 4.83. The fourth-order valence-corrected chi connectivity index (χ4v) is 2.59. The second-order valence-electron chi connectivity index (χ2n) is 5.31. The summed E-state index contributed by atoms with van der Waals surface area (Å²) in [5, 5.41) is 0. The number of hydrogen-bond donors (Lipinski definition) is 0. The molecule has 0 unspecified atom stereocenters. The summed E-state index contributed by atoms with van der Waals surface area (Å²) in [5.41, 5.74) is 0. The van der Waals surface area contributed by atoms with E-state index >= 15 is 0 Å². The van der Waals surface area contributed by atoms with Crippen LogP contribution in [-0.4, -0.2) is 68.4 Å². The molecule has 5 heteroatoms. The van der Waals surface area contributed by atoms with E-state index in [9.17, 15) is 4.79 Å². The highest BCUT2D eigenvalue weighted by atomic mass is 16.6. The molecule has 2 heterocycles. The maximum Gasteiger partial charge on any atom is 0.410 e. The number of likely N-dealkylation sites (tertiary alicyclic amines) is 2. The van der Waals surface area contributed by atoms with Crippen molar-refractivity contribution in [2.75, 3.05) is 40.3 Å². The minimum atomic E-state index is -0.140. The Balaban J connectivity index is 1.72. The number of ether oxygens (including phenoxy) is 2. The zero-order valence-corrected chi connectivity index (χ0v) is 11.4. The predicted molar refractivity (Wildman–Crippen MR) is 68.6 cm³/mol. The third-order valence-corrected chi connectivity index (χ3v) is 3.97. The summed E-state index contributed by atoms with van der Waals surface area (Å²) in [5.74, 6) is 0. The van der Waals surface area contributed by atoms with Crippen LogP contribution in [-0.2, 0) is 9.47 Å². The number of carbonyl (C=O) groups is 1. The van der Waals surface area contributed by atoms with E-state index in [-0.39, 0.29) is 12.2 Å². The molecule has 2 rings (SSSR count). The zero-order valence-electron chi connectivity index (χ0n) is 11.4. The van der Waals surface area contributed by atoms with Gasteiger partial charge in [0.05, 0.1) is 6.10 Å². The van der Waals surface area contributed by atoms with Crippen molar-refractivity contribution in [3.63, 3.8) is 0 Å². The van der Waals surface area contributed by atoms with Crippen LogP contribution in [0.15, 0.2) is 0 Å². The summed E-state index contributed by atoms with van der Waals surface area (Å²) in [6.45, 7) is 3.54. The van der Waals surface area contributed by atoms with Crippen molar-refractivity contribution in [3.05, 3.63) is 0 Å². The van der Waals surface area contributed by atoms with Gasteiger partial charge in [-0.05, 0) is 32.7 Å². The summed E-state index contributed by atoms with van der Waals surface area (Å²) >= 11 is 0. The van der Waals surface area contributed by atoms with Gasteiger partial charge in [-0.2, -0.15) is 0 Å². The van der Waals surface area contributed by atoms with Gasteiger partial charge < -0.3 is 19.3 Å². The molecule has 0 bridgehead atoms. The summed E-state index contributed by atoms with van der Waals surface area (Å²) in [6.07, 6.45) is 4.01. The highest BCUT2D eigenvalue weighted by Crippen LogP contribution is 2.17. The summed E-state index contributed by atoms with van der Waals surface area (Å²) in [7, 11) is 3.84. The normalized spacial score (nSPS) is 24.2. The molecule has 0 spiro atoms. The summed E-state index contributed by atoms with van der Waals surface area (Å²) in [4.78, 5) is 16.1. The van der Waals surface area contributed by atoms with Gasteiger partial charge in [0.15, 0.2) is 0 Å². The highest BCUT2D eigenvalue weighted by molar-refractivity contribution is 5.67. The molecule has 0 aromatic rings. The Morgan fingerprint density at radius 2 is 1.56 bits per heavy atom. The number of nitrogens with zero attached hydrogens (tertiary/aromatic N) is 2. The molecule has 1 amide bonds. The topological polar surface area (TPSA) is 42.0 Å². The minimum Gasteiger partial charge on any atom is -0.446 e. The van der Waals surface area contributed by atoms with Crippen LogP contribution in [0.1, 0.15) is 25.7 Å². The van der Waals surface area contributed by atoms with E-state index in [1.165, 1.54) is 0 Å². The fourth-order valence-electron chi connectivity index (χ4n) is 2.59. The van der Waals surface area contributed by atoms with E-state index in [1.807, 2.05) is 4.90 Å². The lowest BCUT2D eigenvalue weighted by Crippen LogP contribution is -2.43. The van der Waals surface area contributed by atoms with Crippen LogP contribution in [0, 0.1) is 0 Å². The summed E-state index contributed by atoms with van der Waals surface area (Å²) in [6, 6.07) is 0. The van der Waals surface area contributed by atoms with Crippen LogP contribution in [0.4, 0.5) is 4.79 Å². The maximum atomic E-state index is 12.0. The molecule has 0 radical (unpaired) electrons. The quantitative estimate of drug-likeness (QED) is 0.747. The third kappa shape index (κ3) is 3.59. The van der Waals surface area contributed by atoms with Gasteiger partial charge in [0.2, 0.25) is 0 Å². The van der Waals surface area contributed by atoms with Crippen molar-refractivity contribution in [2.24, 2.45) is 0 Å². The van der Waals surface area contributed by atoms with E-state index in [2.05, 4.69) is 11.9 Å². The lowest BCUT2D eigenvalue weighted by atomic mass is 10.1. The SMILES string of the molecule is COC1CCN(C(=O)OC2CCN(C)CC2)CC1. The standard InChI is InChI=1S/C13H24N2O3/c1-14-7-3-12(4-8-14)18-13(16)15-9-5-11(17-2)6-10-15/h11-12H,3-10H2,1-2H3. The molecule has 5 nitrogen and oxygen atoms in total. The van der Waals surface area contributed by atoms with Crippen molar-refractivity contribution in [1.29, 1.82) is 0 Å². The van der Waals surface area contributed by atoms with Gasteiger partial charge in [0.25, 0.3) is 0 Å². The van der Waals surface area contributed by atoms with E-state index in [0.717, 1.165) is 51.9 Å². The monoisotopic (exact) mass is 256 g/mol. The number of piperidine rings is 2. The van der Waals surface area contributed by atoms with E-state index in [1.54, 1.807) is 7.11 Å². The molecule has 0 aromatic heterocycles. The van der Waals surface area contributed by atoms with Crippen LogP contribution in [0.3, 0.4) is 0 Å². The number of carbonyl (C=O) groups excluding carboxylic acids is 1. The molecule has 104 valence electrons. The van der Waals surface area contributed by atoms with E-state index in [4.69, 9.17) is 9.47 Å². The van der Waals surface area contributed by atoms with E-state index < -0.39 is 0 Å². The molecule has 18 heavy (non-hydrogen) atoms. The molecular formula is C13H24N2O3. The first-order valence-corrected chi connectivity index (χ1v) is 6.86. The van der Waals surface area contributed by atoms with Crippen molar-refractivity contribution in [2.45, 2.75) is 37.9 Å². The zero-order chi connectivity index (χ0) is 13.0. The second-order valence-corrected chi connectivity index (χ2v) is 5.31. The van der Waals surface area contributed by atoms with E-state index in [0.29, 0.717) is 6.10 Å². The Morgan fingerprint density at radius 1 is 1.00 bits per heavy atom. The van der Waals surface area contributed by atoms with Crippen molar-refractivity contribution in [3.8, 4) is 0 Å². The first kappa shape index (κ1) is 13.6. The van der Waals surface area contributed by atoms with Crippen molar-refractivity contribution in [1.82, 2.24) is 9.80 Å². The maximum absolute atomic E-state index is 12.0. The Morgan fingerprint density at radius 3 is 2.11 bits per heavy atom.